The van der Waals surface area contributed by atoms with Gasteiger partial charge in [0.2, 0.25) is 23.7 Å². The first-order chi connectivity index (χ1) is 35.9. The van der Waals surface area contributed by atoms with Crippen LogP contribution in [0.5, 0.6) is 23.3 Å². The number of fused-ring (bicyclic) bond motifs is 2. The van der Waals surface area contributed by atoms with E-state index in [1.807, 2.05) is 76.2 Å². The van der Waals surface area contributed by atoms with Gasteiger partial charge in [-0.2, -0.15) is 20.5 Å². The topological polar surface area (TPSA) is 217 Å². The van der Waals surface area contributed by atoms with Gasteiger partial charge in [-0.05, 0) is 160 Å². The minimum absolute atomic E-state index is 0.118. The zero-order valence-electron chi connectivity index (χ0n) is 42.4. The van der Waals surface area contributed by atoms with Crippen LogP contribution in [0.25, 0.3) is 0 Å². The summed E-state index contributed by atoms with van der Waals surface area (Å²) >= 11 is 3.50. The molecule has 0 amide bonds. The van der Waals surface area contributed by atoms with Gasteiger partial charge in [0, 0.05) is 69.2 Å². The summed E-state index contributed by atoms with van der Waals surface area (Å²) in [5.41, 5.74) is 16.1. The molecule has 0 spiro atoms. The highest BCUT2D eigenvalue weighted by molar-refractivity contribution is 7.99. The van der Waals surface area contributed by atoms with E-state index < -0.39 is 0 Å². The molecule has 4 aliphatic rings. The van der Waals surface area contributed by atoms with Crippen molar-refractivity contribution >= 4 is 46.8 Å². The number of thioether (sulfide) groups is 2. The van der Waals surface area contributed by atoms with E-state index >= 15 is 0 Å². The standard InChI is InChI=1S/C28H30N6O3S.C28H32N6OS/c1-18-14-21(16-29)15-19(2)25(18)37-27-26-24(4-3-13-38-26)31-28(32-27)30-22-9-11-33(12-10-22)17-20-5-7-23(8-6-20)34(35)36;1-18-14-21(16-29)15-19(2)25(18)35-27-26-24(4-3-13-36-26)32-28(33-27)31-23-9-11-34(12-10-23)17-20-5-7-22(30)8-6-20/h5-8,14-15,22H,3-4,9-13,17H2,1-2H3,(H,30,31,32);5-8,14-15,23H,3-4,9-13,17,30H2,1-2H3,(H,31,32,33). The number of nitro benzene ring substituents is 1. The molecule has 0 bridgehead atoms. The van der Waals surface area contributed by atoms with Crippen molar-refractivity contribution < 1.29 is 14.4 Å². The molecule has 0 atom stereocenters. The van der Waals surface area contributed by atoms with E-state index in [0.717, 1.165) is 168 Å². The monoisotopic (exact) mass is 1030 g/mol. The van der Waals surface area contributed by atoms with E-state index in [1.54, 1.807) is 35.7 Å². The van der Waals surface area contributed by atoms with Crippen LogP contribution in [0.3, 0.4) is 0 Å². The average Bonchev–Trinajstić information content (AvgIpc) is 3.40. The number of likely N-dealkylation sites (tertiary alicyclic amines) is 2. The number of non-ortho nitro benzene ring substituents is 1. The summed E-state index contributed by atoms with van der Waals surface area (Å²) in [4.78, 5) is 36.8. The molecule has 2 aromatic heterocycles. The normalized spacial score (nSPS) is 16.1. The Bertz CT molecular complexity index is 3030. The number of rotatable bonds is 13. The van der Waals surface area contributed by atoms with Crippen molar-refractivity contribution in [3.63, 3.8) is 0 Å². The number of hydrogen-bond acceptors (Lipinski definition) is 17. The maximum absolute atomic E-state index is 10.9. The predicted molar refractivity (Wildman–Crippen MR) is 291 cm³/mol. The number of aromatic nitrogens is 4. The number of ether oxygens (including phenoxy) is 2. The third-order valence-electron chi connectivity index (χ3n) is 13.8. The molecular weight excluding hydrogens is 969 g/mol. The zero-order valence-corrected chi connectivity index (χ0v) is 44.1. The predicted octanol–water partition coefficient (Wildman–Crippen LogP) is 11.2. The minimum Gasteiger partial charge on any atom is -0.437 e. The summed E-state index contributed by atoms with van der Waals surface area (Å²) in [5, 5.41) is 36.6. The van der Waals surface area contributed by atoms with Crippen molar-refractivity contribution in [2.75, 3.05) is 54.1 Å². The molecule has 4 N–H and O–H groups in total. The van der Waals surface area contributed by atoms with Gasteiger partial charge in [-0.3, -0.25) is 19.9 Å². The lowest BCUT2D eigenvalue weighted by Crippen LogP contribution is -2.39. The number of aryl methyl sites for hydroxylation is 6. The highest BCUT2D eigenvalue weighted by atomic mass is 32.2. The number of anilines is 3. The Morgan fingerprint density at radius 2 is 1.04 bits per heavy atom. The van der Waals surface area contributed by atoms with Crippen molar-refractivity contribution in [2.24, 2.45) is 0 Å². The summed E-state index contributed by atoms with van der Waals surface area (Å²) in [6.07, 6.45) is 7.98. The Balaban J connectivity index is 0.000000182. The molecule has 382 valence electrons. The fourth-order valence-electron chi connectivity index (χ4n) is 9.92. The lowest BCUT2D eigenvalue weighted by atomic mass is 10.0. The van der Waals surface area contributed by atoms with Crippen molar-refractivity contribution in [3.05, 3.63) is 139 Å². The quantitative estimate of drug-likeness (QED) is 0.0556. The van der Waals surface area contributed by atoms with E-state index in [2.05, 4.69) is 44.7 Å². The van der Waals surface area contributed by atoms with Crippen LogP contribution in [0, 0.1) is 60.5 Å². The summed E-state index contributed by atoms with van der Waals surface area (Å²) in [6.45, 7) is 13.5. The summed E-state index contributed by atoms with van der Waals surface area (Å²) in [5.74, 6) is 5.99. The Hall–Kier alpha value is -6.96. The van der Waals surface area contributed by atoms with Gasteiger partial charge >= 0.3 is 0 Å². The molecule has 2 saturated heterocycles. The molecule has 10 rings (SSSR count). The Morgan fingerprint density at radius 1 is 0.649 bits per heavy atom. The average molecular weight is 1030 g/mol. The number of nitrogens with zero attached hydrogens (tertiary/aromatic N) is 9. The minimum atomic E-state index is -0.369. The molecule has 4 aromatic carbocycles. The molecule has 0 saturated carbocycles. The molecule has 74 heavy (non-hydrogen) atoms. The second-order valence-electron chi connectivity index (χ2n) is 19.5. The molecule has 2 fully saturated rings. The number of nitrogens with two attached hydrogens (primary N) is 1. The molecule has 16 nitrogen and oxygen atoms in total. The van der Waals surface area contributed by atoms with Crippen LogP contribution < -0.4 is 25.8 Å². The molecule has 18 heteroatoms. The van der Waals surface area contributed by atoms with Crippen molar-refractivity contribution in [1.82, 2.24) is 29.7 Å². The van der Waals surface area contributed by atoms with E-state index in [1.165, 1.54) is 5.56 Å². The van der Waals surface area contributed by atoms with Crippen LogP contribution in [0.4, 0.5) is 23.3 Å². The number of hydrogen-bond donors (Lipinski definition) is 3. The zero-order chi connectivity index (χ0) is 51.7. The van der Waals surface area contributed by atoms with E-state index in [0.29, 0.717) is 40.8 Å². The van der Waals surface area contributed by atoms with Gasteiger partial charge in [-0.1, -0.05) is 24.3 Å². The fraction of sp³-hybridized carbons (Fsp3) is 0.393. The molecule has 6 heterocycles. The maximum atomic E-state index is 10.9. The summed E-state index contributed by atoms with van der Waals surface area (Å²) < 4.78 is 12.8. The van der Waals surface area contributed by atoms with Crippen LogP contribution in [0.2, 0.25) is 0 Å². The van der Waals surface area contributed by atoms with Crippen LogP contribution >= 0.6 is 23.5 Å². The van der Waals surface area contributed by atoms with Gasteiger partial charge in [0.05, 0.1) is 49.4 Å². The smallest absolute Gasteiger partial charge is 0.269 e. The summed E-state index contributed by atoms with van der Waals surface area (Å²) in [6, 6.07) is 27.4. The Morgan fingerprint density at radius 3 is 1.42 bits per heavy atom. The molecule has 4 aliphatic heterocycles. The Kier molecular flexibility index (Phi) is 16.8. The highest BCUT2D eigenvalue weighted by Gasteiger charge is 2.27. The van der Waals surface area contributed by atoms with E-state index in [9.17, 15) is 20.6 Å². The molecule has 0 aliphatic carbocycles. The maximum Gasteiger partial charge on any atom is 0.269 e. The number of nitrogen functional groups attached to an aromatic ring is 1. The van der Waals surface area contributed by atoms with Crippen molar-refractivity contribution in [1.29, 1.82) is 10.5 Å². The number of nitriles is 2. The molecule has 0 unspecified atom stereocenters. The lowest BCUT2D eigenvalue weighted by Gasteiger charge is -2.32. The van der Waals surface area contributed by atoms with Gasteiger partial charge in [-0.15, -0.1) is 23.5 Å². The number of nitro groups is 1. The SMILES string of the molecule is Cc1cc(C#N)cc(C)c1Oc1nc(NC2CCN(Cc3ccc(N)cc3)CC2)nc2c1SCCC2.Cc1cc(C#N)cc(C)c1Oc1nc(NC2CCN(Cc3ccc([N+](=O)[O-])cc3)CC2)nc2c1SCCC2. The first-order valence-corrected chi connectivity index (χ1v) is 27.4. The van der Waals surface area contributed by atoms with E-state index in [4.69, 9.17) is 35.1 Å². The van der Waals surface area contributed by atoms with Crippen molar-refractivity contribution in [3.8, 4) is 35.4 Å². The third-order valence-corrected chi connectivity index (χ3v) is 16.2. The van der Waals surface area contributed by atoms with Crippen LogP contribution in [0.1, 0.15) is 94.4 Å². The Labute approximate surface area is 441 Å². The van der Waals surface area contributed by atoms with Crippen LogP contribution in [-0.4, -0.2) is 84.4 Å². The fourth-order valence-corrected chi connectivity index (χ4v) is 12.0. The first kappa shape index (κ1) is 51.9. The van der Waals surface area contributed by atoms with Gasteiger partial charge in [0.1, 0.15) is 11.5 Å². The van der Waals surface area contributed by atoms with Crippen LogP contribution in [-0.2, 0) is 25.9 Å². The number of nitrogens with one attached hydrogen (secondary N) is 2. The molecule has 6 aromatic rings. The molecular formula is C56H62N12O4S2. The van der Waals surface area contributed by atoms with Crippen molar-refractivity contribution in [2.45, 2.75) is 114 Å². The highest BCUT2D eigenvalue weighted by Crippen LogP contribution is 2.42. The third kappa shape index (κ3) is 13.0. The largest absolute Gasteiger partial charge is 0.437 e. The van der Waals surface area contributed by atoms with Crippen LogP contribution in [0.15, 0.2) is 82.6 Å². The molecule has 0 radical (unpaired) electrons. The van der Waals surface area contributed by atoms with Gasteiger partial charge < -0.3 is 25.8 Å². The summed E-state index contributed by atoms with van der Waals surface area (Å²) in [7, 11) is 0. The van der Waals surface area contributed by atoms with Gasteiger partial charge in [0.15, 0.2) is 0 Å². The lowest BCUT2D eigenvalue weighted by molar-refractivity contribution is -0.384. The number of benzene rings is 4. The second kappa shape index (κ2) is 23.9. The first-order valence-electron chi connectivity index (χ1n) is 25.4. The second-order valence-corrected chi connectivity index (χ2v) is 21.7. The van der Waals surface area contributed by atoms with Gasteiger partial charge in [0.25, 0.3) is 5.69 Å². The van der Waals surface area contributed by atoms with Gasteiger partial charge in [-0.25, -0.2) is 9.97 Å². The number of piperidine rings is 2. The van der Waals surface area contributed by atoms with E-state index in [-0.39, 0.29) is 16.7 Å².